The minimum absolute atomic E-state index is 0.337. The molecule has 0 atom stereocenters. The largest absolute Gasteiger partial charge is 0.252 e. The molecule has 98 valence electrons. The molecule has 0 aliphatic heterocycles. The summed E-state index contributed by atoms with van der Waals surface area (Å²) >= 11 is 1.28. The SMILES string of the molecule is CC(C)CN(CC(C)C)S(=O)(=O)c1cccs1. The summed E-state index contributed by atoms with van der Waals surface area (Å²) in [6.45, 7) is 9.32. The molecule has 0 aliphatic carbocycles. The van der Waals surface area contributed by atoms with Gasteiger partial charge < -0.3 is 0 Å². The number of sulfonamides is 1. The summed E-state index contributed by atoms with van der Waals surface area (Å²) in [5.41, 5.74) is 0. The van der Waals surface area contributed by atoms with Crippen LogP contribution in [0.4, 0.5) is 0 Å². The molecule has 1 rings (SSSR count). The maximum atomic E-state index is 12.4. The zero-order chi connectivity index (χ0) is 13.1. The van der Waals surface area contributed by atoms with Crippen LogP contribution in [0.25, 0.3) is 0 Å². The number of hydrogen-bond donors (Lipinski definition) is 0. The van der Waals surface area contributed by atoms with E-state index >= 15 is 0 Å². The van der Waals surface area contributed by atoms with Crippen LogP contribution < -0.4 is 0 Å². The van der Waals surface area contributed by atoms with Gasteiger partial charge in [-0.05, 0) is 23.3 Å². The topological polar surface area (TPSA) is 37.4 Å². The second-order valence-corrected chi connectivity index (χ2v) is 8.15. The maximum absolute atomic E-state index is 12.4. The lowest BCUT2D eigenvalue weighted by Gasteiger charge is -2.24. The Morgan fingerprint density at radius 2 is 1.71 bits per heavy atom. The van der Waals surface area contributed by atoms with E-state index in [0.717, 1.165) is 0 Å². The molecule has 0 spiro atoms. The second-order valence-electron chi connectivity index (χ2n) is 5.04. The predicted molar refractivity (Wildman–Crippen MR) is 72.8 cm³/mol. The summed E-state index contributed by atoms with van der Waals surface area (Å²) in [5.74, 6) is 0.673. The molecule has 0 fully saturated rings. The molecule has 0 aliphatic rings. The number of thiophene rings is 1. The third kappa shape index (κ3) is 4.08. The van der Waals surface area contributed by atoms with Crippen molar-refractivity contribution in [3.8, 4) is 0 Å². The highest BCUT2D eigenvalue weighted by molar-refractivity contribution is 7.91. The smallest absolute Gasteiger partial charge is 0.206 e. The zero-order valence-electron chi connectivity index (χ0n) is 10.9. The fraction of sp³-hybridized carbons (Fsp3) is 0.667. The summed E-state index contributed by atoms with van der Waals surface area (Å²) in [6.07, 6.45) is 0. The van der Waals surface area contributed by atoms with Gasteiger partial charge in [0.25, 0.3) is 10.0 Å². The van der Waals surface area contributed by atoms with Crippen molar-refractivity contribution in [2.45, 2.75) is 31.9 Å². The normalized spacial score (nSPS) is 12.9. The monoisotopic (exact) mass is 275 g/mol. The van der Waals surface area contributed by atoms with Gasteiger partial charge in [-0.25, -0.2) is 8.42 Å². The Hall–Kier alpha value is -0.390. The second kappa shape index (κ2) is 5.98. The predicted octanol–water partition coefficient (Wildman–Crippen LogP) is 3.05. The highest BCUT2D eigenvalue weighted by Gasteiger charge is 2.26. The van der Waals surface area contributed by atoms with Crippen molar-refractivity contribution in [1.82, 2.24) is 4.31 Å². The number of hydrogen-bond acceptors (Lipinski definition) is 3. The molecule has 0 bridgehead atoms. The Morgan fingerprint density at radius 3 is 2.06 bits per heavy atom. The Morgan fingerprint density at radius 1 is 1.18 bits per heavy atom. The minimum atomic E-state index is -3.30. The van der Waals surface area contributed by atoms with Crippen LogP contribution in [0.1, 0.15) is 27.7 Å². The highest BCUT2D eigenvalue weighted by atomic mass is 32.2. The van der Waals surface area contributed by atoms with E-state index in [1.54, 1.807) is 21.8 Å². The van der Waals surface area contributed by atoms with Crippen molar-refractivity contribution in [3.05, 3.63) is 17.5 Å². The average molecular weight is 275 g/mol. The van der Waals surface area contributed by atoms with Crippen molar-refractivity contribution in [2.24, 2.45) is 11.8 Å². The molecule has 0 unspecified atom stereocenters. The van der Waals surface area contributed by atoms with Gasteiger partial charge >= 0.3 is 0 Å². The van der Waals surface area contributed by atoms with Crippen molar-refractivity contribution < 1.29 is 8.42 Å². The van der Waals surface area contributed by atoms with Crippen LogP contribution in [0.2, 0.25) is 0 Å². The zero-order valence-corrected chi connectivity index (χ0v) is 12.5. The van der Waals surface area contributed by atoms with Gasteiger partial charge in [0, 0.05) is 13.1 Å². The van der Waals surface area contributed by atoms with Crippen molar-refractivity contribution in [1.29, 1.82) is 0 Å². The molecule has 0 saturated heterocycles. The molecular weight excluding hydrogens is 254 g/mol. The van der Waals surface area contributed by atoms with Crippen LogP contribution in [-0.2, 0) is 10.0 Å². The Labute approximate surface area is 109 Å². The molecule has 1 aromatic rings. The van der Waals surface area contributed by atoms with Crippen LogP contribution >= 0.6 is 11.3 Å². The Bertz CT molecular complexity index is 411. The van der Waals surface area contributed by atoms with E-state index in [1.807, 2.05) is 27.7 Å². The van der Waals surface area contributed by atoms with Gasteiger partial charge in [0.2, 0.25) is 0 Å². The minimum Gasteiger partial charge on any atom is -0.206 e. The lowest BCUT2D eigenvalue weighted by molar-refractivity contribution is 0.334. The third-order valence-corrected chi connectivity index (χ3v) is 5.43. The van der Waals surface area contributed by atoms with E-state index in [-0.39, 0.29) is 0 Å². The van der Waals surface area contributed by atoms with Crippen LogP contribution in [-0.4, -0.2) is 25.8 Å². The third-order valence-electron chi connectivity index (χ3n) is 2.23. The number of nitrogens with zero attached hydrogens (tertiary/aromatic N) is 1. The molecule has 0 amide bonds. The lowest BCUT2D eigenvalue weighted by Crippen LogP contribution is -2.36. The van der Waals surface area contributed by atoms with Gasteiger partial charge in [0.1, 0.15) is 4.21 Å². The molecule has 0 N–H and O–H groups in total. The summed E-state index contributed by atoms with van der Waals surface area (Å²) < 4.78 is 26.9. The van der Waals surface area contributed by atoms with E-state index in [1.165, 1.54) is 11.3 Å². The molecule has 5 heteroatoms. The van der Waals surface area contributed by atoms with Gasteiger partial charge in [-0.15, -0.1) is 11.3 Å². The van der Waals surface area contributed by atoms with Crippen molar-refractivity contribution in [2.75, 3.05) is 13.1 Å². The maximum Gasteiger partial charge on any atom is 0.252 e. The molecule has 0 aromatic carbocycles. The Kier molecular flexibility index (Phi) is 5.16. The first-order valence-corrected chi connectivity index (χ1v) is 8.19. The first-order valence-electron chi connectivity index (χ1n) is 5.87. The number of rotatable bonds is 6. The van der Waals surface area contributed by atoms with Crippen molar-refractivity contribution in [3.63, 3.8) is 0 Å². The van der Waals surface area contributed by atoms with Crippen molar-refractivity contribution >= 4 is 21.4 Å². The van der Waals surface area contributed by atoms with Crippen LogP contribution in [0.15, 0.2) is 21.7 Å². The Balaban J connectivity index is 2.96. The average Bonchev–Trinajstić information content (AvgIpc) is 2.68. The van der Waals surface area contributed by atoms with Crippen LogP contribution in [0.5, 0.6) is 0 Å². The van der Waals surface area contributed by atoms with E-state index in [0.29, 0.717) is 29.1 Å². The molecule has 1 aromatic heterocycles. The van der Waals surface area contributed by atoms with Crippen LogP contribution in [0.3, 0.4) is 0 Å². The van der Waals surface area contributed by atoms with Crippen LogP contribution in [0, 0.1) is 11.8 Å². The molecular formula is C12H21NO2S2. The molecule has 3 nitrogen and oxygen atoms in total. The molecule has 0 radical (unpaired) electrons. The summed E-state index contributed by atoms with van der Waals surface area (Å²) in [5, 5.41) is 1.80. The molecule has 17 heavy (non-hydrogen) atoms. The fourth-order valence-electron chi connectivity index (χ4n) is 1.62. The summed E-state index contributed by atoms with van der Waals surface area (Å²) in [7, 11) is -3.30. The van der Waals surface area contributed by atoms with Gasteiger partial charge in [-0.3, -0.25) is 0 Å². The quantitative estimate of drug-likeness (QED) is 0.800. The van der Waals surface area contributed by atoms with Gasteiger partial charge in [-0.2, -0.15) is 4.31 Å². The molecule has 0 saturated carbocycles. The summed E-state index contributed by atoms with van der Waals surface area (Å²) in [4.78, 5) is 0. The lowest BCUT2D eigenvalue weighted by atomic mass is 10.2. The van der Waals surface area contributed by atoms with E-state index in [2.05, 4.69) is 0 Å². The van der Waals surface area contributed by atoms with Gasteiger partial charge in [0.05, 0.1) is 0 Å². The first-order chi connectivity index (χ1) is 7.84. The fourth-order valence-corrected chi connectivity index (χ4v) is 4.53. The van der Waals surface area contributed by atoms with Gasteiger partial charge in [0.15, 0.2) is 0 Å². The first kappa shape index (κ1) is 14.7. The molecule has 1 heterocycles. The highest BCUT2D eigenvalue weighted by Crippen LogP contribution is 2.22. The van der Waals surface area contributed by atoms with E-state index < -0.39 is 10.0 Å². The van der Waals surface area contributed by atoms with Gasteiger partial charge in [-0.1, -0.05) is 33.8 Å². The van der Waals surface area contributed by atoms with E-state index in [4.69, 9.17) is 0 Å². The van der Waals surface area contributed by atoms with E-state index in [9.17, 15) is 8.42 Å². The standard InChI is InChI=1S/C12H21NO2S2/c1-10(2)8-13(9-11(3)4)17(14,15)12-6-5-7-16-12/h5-7,10-11H,8-9H2,1-4H3. The summed E-state index contributed by atoms with van der Waals surface area (Å²) in [6, 6.07) is 3.45.